The molecule has 2 aromatic rings. The number of rotatable bonds is 0. The summed E-state index contributed by atoms with van der Waals surface area (Å²) < 4.78 is 5.65. The van der Waals surface area contributed by atoms with Gasteiger partial charge in [0, 0.05) is 48.3 Å². The Morgan fingerprint density at radius 3 is 2.76 bits per heavy atom. The summed E-state index contributed by atoms with van der Waals surface area (Å²) >= 11 is 0. The average molecular weight is 330 g/mol. The summed E-state index contributed by atoms with van der Waals surface area (Å²) in [5.74, 6) is 0.0631. The van der Waals surface area contributed by atoms with Crippen molar-refractivity contribution in [1.29, 1.82) is 5.26 Å². The van der Waals surface area contributed by atoms with Crippen LogP contribution in [-0.4, -0.2) is 24.0 Å². The molecule has 0 amide bonds. The van der Waals surface area contributed by atoms with E-state index in [4.69, 9.17) is 4.74 Å². The first-order valence-electron chi connectivity index (χ1n) is 8.78. The number of hydrogen-bond acceptors (Lipinski definition) is 3. The standard InChI is InChI=1S/C21H18N2O2/c22-12-13-9-17-19(18(24)10-13)15-11-14-3-1-2-4-16(14)21(20(15)23-17)5-7-25-8-6-21/h1-4,9,23H,5-8,10-11H2. The van der Waals surface area contributed by atoms with E-state index in [0.717, 1.165) is 49.3 Å². The van der Waals surface area contributed by atoms with E-state index in [1.165, 1.54) is 16.8 Å². The average Bonchev–Trinajstić information content (AvgIpc) is 3.02. The van der Waals surface area contributed by atoms with Crippen molar-refractivity contribution < 1.29 is 9.53 Å². The van der Waals surface area contributed by atoms with Gasteiger partial charge in [-0.2, -0.15) is 5.26 Å². The van der Waals surface area contributed by atoms with E-state index in [9.17, 15) is 10.1 Å². The number of fused-ring (bicyclic) bond motifs is 6. The van der Waals surface area contributed by atoms with Crippen LogP contribution in [-0.2, 0) is 16.6 Å². The molecule has 4 heteroatoms. The minimum absolute atomic E-state index is 0.0631. The molecule has 3 aliphatic rings. The molecule has 1 aromatic carbocycles. The molecule has 1 aromatic heterocycles. The number of nitrogens with one attached hydrogen (secondary N) is 1. The van der Waals surface area contributed by atoms with Crippen molar-refractivity contribution in [2.45, 2.75) is 31.1 Å². The summed E-state index contributed by atoms with van der Waals surface area (Å²) in [5, 5.41) is 9.22. The van der Waals surface area contributed by atoms with E-state index in [1.807, 2.05) is 6.08 Å². The molecule has 2 aliphatic carbocycles. The fraction of sp³-hybridized carbons (Fsp3) is 0.333. The van der Waals surface area contributed by atoms with E-state index in [0.29, 0.717) is 5.57 Å². The third kappa shape index (κ3) is 1.93. The summed E-state index contributed by atoms with van der Waals surface area (Å²) in [6.07, 6.45) is 4.68. The van der Waals surface area contributed by atoms with Gasteiger partial charge in [-0.25, -0.2) is 0 Å². The van der Waals surface area contributed by atoms with Gasteiger partial charge in [-0.1, -0.05) is 24.3 Å². The highest BCUT2D eigenvalue weighted by Crippen LogP contribution is 2.49. The second-order valence-corrected chi connectivity index (χ2v) is 7.18. The van der Waals surface area contributed by atoms with Gasteiger partial charge in [0.1, 0.15) is 0 Å². The molecule has 2 heterocycles. The molecule has 4 nitrogen and oxygen atoms in total. The van der Waals surface area contributed by atoms with Gasteiger partial charge < -0.3 is 9.72 Å². The molecule has 1 spiro atoms. The van der Waals surface area contributed by atoms with Gasteiger partial charge in [-0.15, -0.1) is 0 Å². The summed E-state index contributed by atoms with van der Waals surface area (Å²) in [7, 11) is 0. The maximum Gasteiger partial charge on any atom is 0.170 e. The third-order valence-electron chi connectivity index (χ3n) is 5.95. The smallest absolute Gasteiger partial charge is 0.170 e. The zero-order valence-electron chi connectivity index (χ0n) is 13.9. The Hall–Kier alpha value is -2.64. The highest BCUT2D eigenvalue weighted by Gasteiger charge is 2.45. The number of nitriles is 1. The van der Waals surface area contributed by atoms with Crippen molar-refractivity contribution in [2.75, 3.05) is 13.2 Å². The molecule has 1 fully saturated rings. The van der Waals surface area contributed by atoms with Gasteiger partial charge in [-0.05, 0) is 35.6 Å². The van der Waals surface area contributed by atoms with E-state index in [1.54, 1.807) is 0 Å². The van der Waals surface area contributed by atoms with Crippen molar-refractivity contribution in [2.24, 2.45) is 0 Å². The van der Waals surface area contributed by atoms with Crippen LogP contribution >= 0.6 is 0 Å². The lowest BCUT2D eigenvalue weighted by atomic mass is 9.65. The Labute approximate surface area is 146 Å². The van der Waals surface area contributed by atoms with Crippen LogP contribution in [0.25, 0.3) is 6.08 Å². The Morgan fingerprint density at radius 2 is 1.96 bits per heavy atom. The SMILES string of the molecule is N#CC1=Cc2[nH]c3c(c2C(=O)C1)Cc1ccccc1C31CCOCC1. The summed E-state index contributed by atoms with van der Waals surface area (Å²) in [4.78, 5) is 16.3. The number of carbonyl (C=O) groups is 1. The van der Waals surface area contributed by atoms with Crippen LogP contribution in [0.15, 0.2) is 29.8 Å². The number of nitrogens with zero attached hydrogens (tertiary/aromatic N) is 1. The topological polar surface area (TPSA) is 65.9 Å². The zero-order chi connectivity index (χ0) is 17.0. The van der Waals surface area contributed by atoms with Crippen LogP contribution < -0.4 is 0 Å². The zero-order valence-corrected chi connectivity index (χ0v) is 13.9. The Kier molecular flexibility index (Phi) is 3.04. The van der Waals surface area contributed by atoms with Gasteiger partial charge in [0.05, 0.1) is 11.8 Å². The van der Waals surface area contributed by atoms with Crippen LogP contribution in [0.4, 0.5) is 0 Å². The predicted octanol–water partition coefficient (Wildman–Crippen LogP) is 3.51. The minimum atomic E-state index is -0.110. The third-order valence-corrected chi connectivity index (χ3v) is 5.95. The second kappa shape index (κ2) is 5.18. The van der Waals surface area contributed by atoms with E-state index in [-0.39, 0.29) is 17.6 Å². The Morgan fingerprint density at radius 1 is 1.16 bits per heavy atom. The molecule has 0 atom stereocenters. The van der Waals surface area contributed by atoms with Gasteiger partial charge in [-0.3, -0.25) is 4.79 Å². The van der Waals surface area contributed by atoms with E-state index >= 15 is 0 Å². The van der Waals surface area contributed by atoms with E-state index < -0.39 is 0 Å². The van der Waals surface area contributed by atoms with Crippen LogP contribution in [0.5, 0.6) is 0 Å². The molecule has 1 N–H and O–H groups in total. The molecular formula is C21H18N2O2. The van der Waals surface area contributed by atoms with Crippen molar-refractivity contribution >= 4 is 11.9 Å². The van der Waals surface area contributed by atoms with Crippen molar-refractivity contribution in [3.8, 4) is 6.07 Å². The van der Waals surface area contributed by atoms with Gasteiger partial charge in [0.25, 0.3) is 0 Å². The molecule has 0 unspecified atom stereocenters. The number of benzene rings is 1. The number of ether oxygens (including phenoxy) is 1. The molecule has 1 aliphatic heterocycles. The van der Waals surface area contributed by atoms with Crippen molar-refractivity contribution in [1.82, 2.24) is 4.98 Å². The molecule has 0 radical (unpaired) electrons. The lowest BCUT2D eigenvalue weighted by molar-refractivity contribution is 0.0608. The number of aromatic nitrogens is 1. The normalized spacial score (nSPS) is 20.3. The number of allylic oxidation sites excluding steroid dienone is 1. The molecule has 25 heavy (non-hydrogen) atoms. The molecular weight excluding hydrogens is 312 g/mol. The number of ketones is 1. The van der Waals surface area contributed by atoms with Crippen molar-refractivity contribution in [3.05, 3.63) is 63.5 Å². The summed E-state index contributed by atoms with van der Waals surface area (Å²) in [6.45, 7) is 1.45. The number of H-pyrrole nitrogens is 1. The monoisotopic (exact) mass is 330 g/mol. The first-order valence-corrected chi connectivity index (χ1v) is 8.78. The number of carbonyl (C=O) groups excluding carboxylic acids is 1. The fourth-order valence-electron chi connectivity index (χ4n) is 4.84. The number of hydrogen-bond donors (Lipinski definition) is 1. The second-order valence-electron chi connectivity index (χ2n) is 7.18. The molecule has 5 rings (SSSR count). The highest BCUT2D eigenvalue weighted by atomic mass is 16.5. The van der Waals surface area contributed by atoms with Crippen LogP contribution in [0, 0.1) is 11.3 Å². The maximum atomic E-state index is 12.7. The van der Waals surface area contributed by atoms with Gasteiger partial charge in [0.2, 0.25) is 0 Å². The Balaban J connectivity index is 1.79. The lowest BCUT2D eigenvalue weighted by Crippen LogP contribution is -2.39. The molecule has 124 valence electrons. The van der Waals surface area contributed by atoms with Gasteiger partial charge >= 0.3 is 0 Å². The number of Topliss-reactive ketones (excluding diaryl/α,β-unsaturated/α-hetero) is 1. The van der Waals surface area contributed by atoms with Crippen LogP contribution in [0.3, 0.4) is 0 Å². The minimum Gasteiger partial charge on any atom is -0.381 e. The summed E-state index contributed by atoms with van der Waals surface area (Å²) in [6, 6.07) is 10.7. The first-order chi connectivity index (χ1) is 12.2. The Bertz CT molecular complexity index is 968. The van der Waals surface area contributed by atoms with Crippen LogP contribution in [0.2, 0.25) is 0 Å². The largest absolute Gasteiger partial charge is 0.381 e. The molecule has 1 saturated heterocycles. The van der Waals surface area contributed by atoms with E-state index in [2.05, 4.69) is 35.3 Å². The first kappa shape index (κ1) is 14.7. The maximum absolute atomic E-state index is 12.7. The summed E-state index contributed by atoms with van der Waals surface area (Å²) in [5.41, 5.74) is 7.02. The lowest BCUT2D eigenvalue weighted by Gasteiger charge is -2.42. The quantitative estimate of drug-likeness (QED) is 0.804. The molecule has 0 saturated carbocycles. The predicted molar refractivity (Wildman–Crippen MR) is 93.4 cm³/mol. The molecule has 0 bridgehead atoms. The van der Waals surface area contributed by atoms with Crippen molar-refractivity contribution in [3.63, 3.8) is 0 Å². The van der Waals surface area contributed by atoms with Crippen LogP contribution in [0.1, 0.15) is 57.7 Å². The fourth-order valence-corrected chi connectivity index (χ4v) is 4.84. The van der Waals surface area contributed by atoms with Gasteiger partial charge in [0.15, 0.2) is 5.78 Å². The highest BCUT2D eigenvalue weighted by molar-refractivity contribution is 6.06. The number of aromatic amines is 1.